The summed E-state index contributed by atoms with van der Waals surface area (Å²) in [5.41, 5.74) is 0. The van der Waals surface area contributed by atoms with E-state index >= 15 is 0 Å². The van der Waals surface area contributed by atoms with E-state index in [2.05, 4.69) is 24.1 Å². The maximum Gasteiger partial charge on any atom is 0.0195 e. The average Bonchev–Trinajstić information content (AvgIpc) is 2.67. The van der Waals surface area contributed by atoms with Crippen LogP contribution in [0.3, 0.4) is 0 Å². The van der Waals surface area contributed by atoms with Crippen LogP contribution in [0, 0.1) is 5.92 Å². The molecule has 1 aliphatic carbocycles. The van der Waals surface area contributed by atoms with Crippen LogP contribution in [-0.4, -0.2) is 36.6 Å². The second-order valence-corrected chi connectivity index (χ2v) is 5.03. The van der Waals surface area contributed by atoms with E-state index in [9.17, 15) is 0 Å². The van der Waals surface area contributed by atoms with Crippen molar-refractivity contribution < 1.29 is 0 Å². The normalized spacial score (nSPS) is 37.6. The Labute approximate surface area is 100 Å². The highest BCUT2D eigenvalue weighted by atomic mass is 35.5. The number of hydrogen-bond donors (Lipinski definition) is 1. The molecule has 0 aromatic rings. The van der Waals surface area contributed by atoms with Crippen LogP contribution in [-0.2, 0) is 0 Å². The van der Waals surface area contributed by atoms with Gasteiger partial charge in [0.15, 0.2) is 0 Å². The topological polar surface area (TPSA) is 15.3 Å². The van der Waals surface area contributed by atoms with Crippen LogP contribution in [0.2, 0.25) is 0 Å². The van der Waals surface area contributed by atoms with E-state index < -0.39 is 0 Å². The third kappa shape index (κ3) is 3.08. The Bertz CT molecular complexity index is 186. The average molecular weight is 233 g/mol. The van der Waals surface area contributed by atoms with Gasteiger partial charge < -0.3 is 5.32 Å². The quantitative estimate of drug-likeness (QED) is 0.786. The Kier molecular flexibility index (Phi) is 5.37. The molecule has 1 N–H and O–H groups in total. The van der Waals surface area contributed by atoms with Crippen molar-refractivity contribution in [3.05, 3.63) is 0 Å². The Morgan fingerprint density at radius 1 is 1.33 bits per heavy atom. The van der Waals surface area contributed by atoms with Crippen molar-refractivity contribution in [1.29, 1.82) is 0 Å². The number of nitrogens with zero attached hydrogens (tertiary/aromatic N) is 1. The number of piperazine rings is 1. The molecule has 0 amide bonds. The van der Waals surface area contributed by atoms with Crippen molar-refractivity contribution in [2.75, 3.05) is 19.6 Å². The Morgan fingerprint density at radius 3 is 2.73 bits per heavy atom. The summed E-state index contributed by atoms with van der Waals surface area (Å²) in [7, 11) is 0. The summed E-state index contributed by atoms with van der Waals surface area (Å²) in [6.07, 6.45) is 5.76. The molecular formula is C12H25ClN2. The third-order valence-electron chi connectivity index (χ3n) is 4.11. The largest absolute Gasteiger partial charge is 0.314 e. The highest BCUT2D eigenvalue weighted by molar-refractivity contribution is 5.85. The molecule has 1 saturated heterocycles. The predicted molar refractivity (Wildman–Crippen MR) is 67.7 cm³/mol. The monoisotopic (exact) mass is 232 g/mol. The summed E-state index contributed by atoms with van der Waals surface area (Å²) < 4.78 is 0. The first-order valence-electron chi connectivity index (χ1n) is 6.27. The van der Waals surface area contributed by atoms with Gasteiger partial charge in [0, 0.05) is 31.7 Å². The predicted octanol–water partition coefficient (Wildman–Crippen LogP) is 2.28. The fraction of sp³-hybridized carbons (Fsp3) is 1.00. The van der Waals surface area contributed by atoms with Gasteiger partial charge in [-0.05, 0) is 32.1 Å². The van der Waals surface area contributed by atoms with Crippen LogP contribution in [0.5, 0.6) is 0 Å². The molecule has 0 bridgehead atoms. The molecule has 2 unspecified atom stereocenters. The van der Waals surface area contributed by atoms with Gasteiger partial charge in [0.1, 0.15) is 0 Å². The number of rotatable bonds is 2. The van der Waals surface area contributed by atoms with E-state index in [1.54, 1.807) is 0 Å². The van der Waals surface area contributed by atoms with Crippen LogP contribution in [0.25, 0.3) is 0 Å². The van der Waals surface area contributed by atoms with Gasteiger partial charge in [-0.15, -0.1) is 12.4 Å². The Balaban J connectivity index is 0.00000112. The van der Waals surface area contributed by atoms with Crippen molar-refractivity contribution >= 4 is 12.4 Å². The van der Waals surface area contributed by atoms with E-state index in [4.69, 9.17) is 0 Å². The summed E-state index contributed by atoms with van der Waals surface area (Å²) in [5, 5.41) is 3.47. The molecule has 0 aromatic carbocycles. The van der Waals surface area contributed by atoms with E-state index in [-0.39, 0.29) is 12.4 Å². The Hall–Kier alpha value is 0.210. The van der Waals surface area contributed by atoms with Crippen LogP contribution >= 0.6 is 12.4 Å². The van der Waals surface area contributed by atoms with Crippen molar-refractivity contribution in [1.82, 2.24) is 10.2 Å². The van der Waals surface area contributed by atoms with E-state index in [1.807, 2.05) is 0 Å². The molecule has 3 heteroatoms. The molecule has 3 atom stereocenters. The zero-order valence-corrected chi connectivity index (χ0v) is 10.9. The SMILES string of the molecule is CCC1CCC(N2CCNC[C@H]2C)C1.Cl. The maximum absolute atomic E-state index is 3.47. The van der Waals surface area contributed by atoms with Crippen LogP contribution in [0.15, 0.2) is 0 Å². The molecular weight excluding hydrogens is 208 g/mol. The van der Waals surface area contributed by atoms with E-state index in [0.29, 0.717) is 0 Å². The minimum absolute atomic E-state index is 0. The number of halogens is 1. The van der Waals surface area contributed by atoms with Gasteiger partial charge in [0.25, 0.3) is 0 Å². The molecule has 0 radical (unpaired) electrons. The molecule has 1 heterocycles. The van der Waals surface area contributed by atoms with Gasteiger partial charge in [0.05, 0.1) is 0 Å². The van der Waals surface area contributed by atoms with Gasteiger partial charge in [-0.25, -0.2) is 0 Å². The summed E-state index contributed by atoms with van der Waals surface area (Å²) in [6, 6.07) is 1.65. The lowest BCUT2D eigenvalue weighted by atomic mass is 10.0. The van der Waals surface area contributed by atoms with Crippen molar-refractivity contribution in [3.8, 4) is 0 Å². The highest BCUT2D eigenvalue weighted by Crippen LogP contribution is 2.32. The lowest BCUT2D eigenvalue weighted by Crippen LogP contribution is -2.53. The molecule has 1 aliphatic heterocycles. The minimum atomic E-state index is 0. The van der Waals surface area contributed by atoms with Gasteiger partial charge in [-0.1, -0.05) is 13.3 Å². The fourth-order valence-corrected chi connectivity index (χ4v) is 3.12. The second kappa shape index (κ2) is 6.07. The van der Waals surface area contributed by atoms with Gasteiger partial charge in [0.2, 0.25) is 0 Å². The molecule has 0 aromatic heterocycles. The first-order valence-corrected chi connectivity index (χ1v) is 6.27. The smallest absolute Gasteiger partial charge is 0.0195 e. The summed E-state index contributed by atoms with van der Waals surface area (Å²) in [6.45, 7) is 8.35. The standard InChI is InChI=1S/C12H24N2.ClH/c1-3-11-4-5-12(8-11)14-7-6-13-9-10(14)2;/h10-13H,3-9H2,1-2H3;1H/t10-,11?,12?;/m1./s1. The molecule has 0 spiro atoms. The lowest BCUT2D eigenvalue weighted by molar-refractivity contribution is 0.116. The maximum atomic E-state index is 3.47. The van der Waals surface area contributed by atoms with Gasteiger partial charge >= 0.3 is 0 Å². The second-order valence-electron chi connectivity index (χ2n) is 5.03. The first-order chi connectivity index (χ1) is 6.81. The zero-order chi connectivity index (χ0) is 9.97. The fourth-order valence-electron chi connectivity index (χ4n) is 3.12. The molecule has 2 rings (SSSR count). The summed E-state index contributed by atoms with van der Waals surface area (Å²) in [5.74, 6) is 1.02. The van der Waals surface area contributed by atoms with E-state index in [1.165, 1.54) is 45.3 Å². The summed E-state index contributed by atoms with van der Waals surface area (Å²) in [4.78, 5) is 2.74. The third-order valence-corrected chi connectivity index (χ3v) is 4.11. The van der Waals surface area contributed by atoms with Crippen molar-refractivity contribution in [2.24, 2.45) is 5.92 Å². The van der Waals surface area contributed by atoms with Gasteiger partial charge in [-0.2, -0.15) is 0 Å². The Morgan fingerprint density at radius 2 is 2.13 bits per heavy atom. The molecule has 2 fully saturated rings. The minimum Gasteiger partial charge on any atom is -0.314 e. The molecule has 2 nitrogen and oxygen atoms in total. The molecule has 15 heavy (non-hydrogen) atoms. The van der Waals surface area contributed by atoms with Crippen molar-refractivity contribution in [3.63, 3.8) is 0 Å². The van der Waals surface area contributed by atoms with E-state index in [0.717, 1.165) is 18.0 Å². The summed E-state index contributed by atoms with van der Waals surface area (Å²) >= 11 is 0. The number of hydrogen-bond acceptors (Lipinski definition) is 2. The molecule has 90 valence electrons. The van der Waals surface area contributed by atoms with Crippen LogP contribution < -0.4 is 5.32 Å². The highest BCUT2D eigenvalue weighted by Gasteiger charge is 2.31. The van der Waals surface area contributed by atoms with Crippen molar-refractivity contribution in [2.45, 2.75) is 51.6 Å². The number of nitrogens with one attached hydrogen (secondary N) is 1. The zero-order valence-electron chi connectivity index (χ0n) is 10.0. The van der Waals surface area contributed by atoms with Crippen LogP contribution in [0.1, 0.15) is 39.5 Å². The molecule has 2 aliphatic rings. The van der Waals surface area contributed by atoms with Crippen LogP contribution in [0.4, 0.5) is 0 Å². The molecule has 1 saturated carbocycles. The van der Waals surface area contributed by atoms with Gasteiger partial charge in [-0.3, -0.25) is 4.90 Å². The first kappa shape index (κ1) is 13.3. The lowest BCUT2D eigenvalue weighted by Gasteiger charge is -2.38.